The van der Waals surface area contributed by atoms with Gasteiger partial charge in [0, 0.05) is 12.4 Å². The van der Waals surface area contributed by atoms with Crippen molar-refractivity contribution in [3.8, 4) is 5.75 Å². The lowest BCUT2D eigenvalue weighted by Crippen LogP contribution is -2.14. The highest BCUT2D eigenvalue weighted by atomic mass is 32.2. The quantitative estimate of drug-likeness (QED) is 0.229. The molecule has 6 heteroatoms. The Kier molecular flexibility index (Phi) is 6.38. The molecule has 0 heterocycles. The lowest BCUT2D eigenvalue weighted by atomic mass is 10.1. The topological polar surface area (TPSA) is 88.1 Å². The first-order valence-corrected chi connectivity index (χ1v) is 6.71. The smallest absolute Gasteiger partial charge is 0.173 e. The molecule has 0 aliphatic rings. The minimum atomic E-state index is 0.0362. The van der Waals surface area contributed by atoms with Crippen molar-refractivity contribution in [2.24, 2.45) is 10.9 Å². The predicted molar refractivity (Wildman–Crippen MR) is 73.4 cm³/mol. The van der Waals surface area contributed by atoms with E-state index in [1.165, 1.54) is 0 Å². The maximum Gasteiger partial charge on any atom is 0.173 e. The minimum Gasteiger partial charge on any atom is -0.496 e. The second-order valence-electron chi connectivity index (χ2n) is 3.65. The standard InChI is InChI=1S/C12H18N2O3S/c1-17-11-4-3-9(8-18-6-2-5-15)7-10(11)12(13)14-16/h3-4,7,15-16H,2,5-6,8H2,1H3,(H2,13,14). The number of hydrogen-bond donors (Lipinski definition) is 3. The van der Waals surface area contributed by atoms with Gasteiger partial charge in [-0.15, -0.1) is 0 Å². The van der Waals surface area contributed by atoms with Gasteiger partial charge in [-0.3, -0.25) is 0 Å². The van der Waals surface area contributed by atoms with Crippen LogP contribution in [0.5, 0.6) is 5.75 Å². The van der Waals surface area contributed by atoms with Crippen molar-refractivity contribution in [3.05, 3.63) is 29.3 Å². The van der Waals surface area contributed by atoms with Crippen LogP contribution in [0.4, 0.5) is 0 Å². The Balaban J connectivity index is 2.76. The Morgan fingerprint density at radius 3 is 2.89 bits per heavy atom. The first kappa shape index (κ1) is 14.7. The van der Waals surface area contributed by atoms with Crippen molar-refractivity contribution in [2.75, 3.05) is 19.5 Å². The Morgan fingerprint density at radius 2 is 2.28 bits per heavy atom. The minimum absolute atomic E-state index is 0.0362. The molecule has 0 amide bonds. The molecule has 0 saturated carbocycles. The first-order valence-electron chi connectivity index (χ1n) is 5.56. The lowest BCUT2D eigenvalue weighted by molar-refractivity contribution is 0.296. The molecule has 100 valence electrons. The SMILES string of the molecule is COc1ccc(CSCCCO)cc1C(N)=NO. The molecule has 4 N–H and O–H groups in total. The first-order chi connectivity index (χ1) is 8.72. The molecule has 0 aliphatic carbocycles. The van der Waals surface area contributed by atoms with E-state index in [1.807, 2.05) is 12.1 Å². The van der Waals surface area contributed by atoms with E-state index in [2.05, 4.69) is 5.16 Å². The number of amidine groups is 1. The highest BCUT2D eigenvalue weighted by Crippen LogP contribution is 2.22. The van der Waals surface area contributed by atoms with Crippen molar-refractivity contribution in [1.29, 1.82) is 0 Å². The summed E-state index contributed by atoms with van der Waals surface area (Å²) >= 11 is 1.73. The molecule has 0 unspecified atom stereocenters. The van der Waals surface area contributed by atoms with Gasteiger partial charge in [0.1, 0.15) is 5.75 Å². The van der Waals surface area contributed by atoms with Crippen LogP contribution in [0.1, 0.15) is 17.5 Å². The molecule has 0 spiro atoms. The number of aliphatic hydroxyl groups is 1. The maximum absolute atomic E-state index is 8.72. The third kappa shape index (κ3) is 4.12. The number of nitrogens with two attached hydrogens (primary N) is 1. The van der Waals surface area contributed by atoms with Crippen molar-refractivity contribution in [1.82, 2.24) is 0 Å². The highest BCUT2D eigenvalue weighted by Gasteiger charge is 2.08. The second kappa shape index (κ2) is 7.84. The van der Waals surface area contributed by atoms with Gasteiger partial charge in [0.15, 0.2) is 5.84 Å². The number of benzene rings is 1. The summed E-state index contributed by atoms with van der Waals surface area (Å²) in [4.78, 5) is 0. The molecule has 0 saturated heterocycles. The molecule has 0 aromatic heterocycles. The zero-order valence-corrected chi connectivity index (χ0v) is 11.1. The van der Waals surface area contributed by atoms with Crippen molar-refractivity contribution in [3.63, 3.8) is 0 Å². The fraction of sp³-hybridized carbons (Fsp3) is 0.417. The van der Waals surface area contributed by atoms with Crippen molar-refractivity contribution >= 4 is 17.6 Å². The number of aliphatic hydroxyl groups excluding tert-OH is 1. The molecule has 0 fully saturated rings. The van der Waals surface area contributed by atoms with Crippen LogP contribution in [-0.4, -0.2) is 35.6 Å². The molecule has 0 bridgehead atoms. The molecule has 5 nitrogen and oxygen atoms in total. The largest absolute Gasteiger partial charge is 0.496 e. The summed E-state index contributed by atoms with van der Waals surface area (Å²) in [7, 11) is 1.54. The van der Waals surface area contributed by atoms with Gasteiger partial charge >= 0.3 is 0 Å². The molecule has 0 atom stereocenters. The van der Waals surface area contributed by atoms with E-state index in [0.717, 1.165) is 23.5 Å². The Labute approximate surface area is 111 Å². The molecule has 1 aromatic rings. The van der Waals surface area contributed by atoms with E-state index >= 15 is 0 Å². The third-order valence-corrected chi connectivity index (χ3v) is 3.48. The molecular formula is C12H18N2O3S. The van der Waals surface area contributed by atoms with E-state index in [-0.39, 0.29) is 12.4 Å². The van der Waals surface area contributed by atoms with Crippen molar-refractivity contribution in [2.45, 2.75) is 12.2 Å². The van der Waals surface area contributed by atoms with Gasteiger partial charge in [-0.2, -0.15) is 11.8 Å². The van der Waals surface area contributed by atoms with Crippen LogP contribution >= 0.6 is 11.8 Å². The molecule has 0 aliphatic heterocycles. The summed E-state index contributed by atoms with van der Waals surface area (Å²) in [5.74, 6) is 2.33. The fourth-order valence-corrected chi connectivity index (χ4v) is 2.35. The summed E-state index contributed by atoms with van der Waals surface area (Å²) in [5, 5.41) is 20.4. The van der Waals surface area contributed by atoms with Gasteiger partial charge in [-0.1, -0.05) is 11.2 Å². The van der Waals surface area contributed by atoms with Crippen LogP contribution in [0.25, 0.3) is 0 Å². The van der Waals surface area contributed by atoms with Gasteiger partial charge < -0.3 is 20.8 Å². The number of oxime groups is 1. The summed E-state index contributed by atoms with van der Waals surface area (Å²) in [6.07, 6.45) is 0.786. The predicted octanol–water partition coefficient (Wildman–Crippen LogP) is 1.41. The average Bonchev–Trinajstić information content (AvgIpc) is 2.42. The average molecular weight is 270 g/mol. The summed E-state index contributed by atoms with van der Waals surface area (Å²) in [6.45, 7) is 0.213. The highest BCUT2D eigenvalue weighted by molar-refractivity contribution is 7.98. The normalized spacial score (nSPS) is 11.6. The van der Waals surface area contributed by atoms with Crippen LogP contribution in [0.15, 0.2) is 23.4 Å². The van der Waals surface area contributed by atoms with Gasteiger partial charge in [0.25, 0.3) is 0 Å². The molecule has 18 heavy (non-hydrogen) atoms. The number of thioether (sulfide) groups is 1. The molecule has 1 rings (SSSR count). The lowest BCUT2D eigenvalue weighted by Gasteiger charge is -2.09. The molecule has 1 aromatic carbocycles. The van der Waals surface area contributed by atoms with Crippen LogP contribution in [0.2, 0.25) is 0 Å². The summed E-state index contributed by atoms with van der Waals surface area (Å²) in [5.41, 5.74) is 7.25. The van der Waals surface area contributed by atoms with Crippen LogP contribution < -0.4 is 10.5 Å². The maximum atomic E-state index is 8.72. The monoisotopic (exact) mass is 270 g/mol. The Morgan fingerprint density at radius 1 is 1.50 bits per heavy atom. The van der Waals surface area contributed by atoms with Crippen LogP contribution in [-0.2, 0) is 5.75 Å². The van der Waals surface area contributed by atoms with E-state index in [1.54, 1.807) is 24.9 Å². The van der Waals surface area contributed by atoms with E-state index in [9.17, 15) is 0 Å². The van der Waals surface area contributed by atoms with E-state index in [4.69, 9.17) is 20.8 Å². The zero-order chi connectivity index (χ0) is 13.4. The van der Waals surface area contributed by atoms with Crippen LogP contribution in [0, 0.1) is 0 Å². The number of ether oxygens (including phenoxy) is 1. The Hall–Kier alpha value is -1.40. The fourth-order valence-electron chi connectivity index (χ4n) is 1.46. The number of nitrogens with zero attached hydrogens (tertiary/aromatic N) is 1. The summed E-state index contributed by atoms with van der Waals surface area (Å²) < 4.78 is 5.15. The molecule has 0 radical (unpaired) electrons. The number of methoxy groups -OCH3 is 1. The van der Waals surface area contributed by atoms with Gasteiger partial charge in [0.2, 0.25) is 0 Å². The van der Waals surface area contributed by atoms with Crippen LogP contribution in [0.3, 0.4) is 0 Å². The molecular weight excluding hydrogens is 252 g/mol. The van der Waals surface area contributed by atoms with E-state index in [0.29, 0.717) is 11.3 Å². The van der Waals surface area contributed by atoms with Gasteiger partial charge in [0.05, 0.1) is 12.7 Å². The number of rotatable bonds is 7. The van der Waals surface area contributed by atoms with Crippen molar-refractivity contribution < 1.29 is 15.1 Å². The van der Waals surface area contributed by atoms with Gasteiger partial charge in [-0.05, 0) is 29.9 Å². The van der Waals surface area contributed by atoms with E-state index < -0.39 is 0 Å². The zero-order valence-electron chi connectivity index (χ0n) is 10.3. The summed E-state index contributed by atoms with van der Waals surface area (Å²) in [6, 6.07) is 5.59. The van der Waals surface area contributed by atoms with Gasteiger partial charge in [-0.25, -0.2) is 0 Å². The second-order valence-corrected chi connectivity index (χ2v) is 4.75. The third-order valence-electron chi connectivity index (χ3n) is 2.36. The Bertz CT molecular complexity index is 410. The number of hydrogen-bond acceptors (Lipinski definition) is 5.